The highest BCUT2D eigenvalue weighted by molar-refractivity contribution is 5.63. The summed E-state index contributed by atoms with van der Waals surface area (Å²) in [5.41, 5.74) is 2.66. The highest BCUT2D eigenvalue weighted by Crippen LogP contribution is 2.74. The van der Waals surface area contributed by atoms with Crippen molar-refractivity contribution in [3.63, 3.8) is 0 Å². The third kappa shape index (κ3) is 2.77. The lowest BCUT2D eigenvalue weighted by Gasteiger charge is -2.70. The lowest BCUT2D eigenvalue weighted by Crippen LogP contribution is -2.63. The number of hydrogen-bond acceptors (Lipinski definition) is 2. The second kappa shape index (κ2) is 6.73. The van der Waals surface area contributed by atoms with E-state index in [4.69, 9.17) is 0 Å². The molecule has 32 heavy (non-hydrogen) atoms. The number of hydrogen-bond donors (Lipinski definition) is 1. The van der Waals surface area contributed by atoms with Gasteiger partial charge in [0.15, 0.2) is 0 Å². The van der Waals surface area contributed by atoms with E-state index in [1.165, 1.54) is 51.2 Å². The zero-order valence-electron chi connectivity index (χ0n) is 21.9. The predicted molar refractivity (Wildman–Crippen MR) is 131 cm³/mol. The smallest absolute Gasteiger partial charge is 0.126 e. The van der Waals surface area contributed by atoms with Gasteiger partial charge in [0.2, 0.25) is 0 Å². The largest absolute Gasteiger partial charge is 0.393 e. The van der Waals surface area contributed by atoms with Gasteiger partial charge in [0.1, 0.15) is 6.29 Å². The van der Waals surface area contributed by atoms with Crippen molar-refractivity contribution >= 4 is 6.29 Å². The highest BCUT2D eigenvalue weighted by Gasteiger charge is 2.67. The van der Waals surface area contributed by atoms with Gasteiger partial charge in [-0.05, 0) is 109 Å². The molecule has 0 spiro atoms. The molecule has 5 aliphatic rings. The summed E-state index contributed by atoms with van der Waals surface area (Å²) < 4.78 is 0. The van der Waals surface area contributed by atoms with Gasteiger partial charge in [0.05, 0.1) is 6.10 Å². The van der Waals surface area contributed by atoms with Gasteiger partial charge in [-0.2, -0.15) is 0 Å². The van der Waals surface area contributed by atoms with Gasteiger partial charge in [0, 0.05) is 5.41 Å². The van der Waals surface area contributed by atoms with E-state index in [0.717, 1.165) is 19.3 Å². The first-order valence-electron chi connectivity index (χ1n) is 13.6. The van der Waals surface area contributed by atoms with Crippen LogP contribution in [0, 0.1) is 50.2 Å². The van der Waals surface area contributed by atoms with Crippen LogP contribution in [0.15, 0.2) is 11.6 Å². The first-order valence-corrected chi connectivity index (χ1v) is 13.6. The van der Waals surface area contributed by atoms with Crippen molar-refractivity contribution in [2.75, 3.05) is 0 Å². The summed E-state index contributed by atoms with van der Waals surface area (Å²) in [4.78, 5) is 12.6. The summed E-state index contributed by atoms with van der Waals surface area (Å²) in [6.07, 6.45) is 15.3. The number of aldehydes is 1. The Labute approximate surface area is 197 Å². The molecule has 0 bridgehead atoms. The minimum atomic E-state index is -0.162. The maximum absolute atomic E-state index is 12.6. The Bertz CT molecular complexity index is 838. The molecule has 0 unspecified atom stereocenters. The molecule has 0 aliphatic heterocycles. The molecule has 2 nitrogen and oxygen atoms in total. The predicted octanol–water partition coefficient (Wildman–Crippen LogP) is 7.35. The third-order valence-electron chi connectivity index (χ3n) is 12.6. The summed E-state index contributed by atoms with van der Waals surface area (Å²) in [6, 6.07) is 0. The topological polar surface area (TPSA) is 37.3 Å². The number of allylic oxidation sites excluding steroid dienone is 2. The van der Waals surface area contributed by atoms with Gasteiger partial charge < -0.3 is 9.90 Å². The van der Waals surface area contributed by atoms with E-state index in [9.17, 15) is 9.90 Å². The lowest BCUT2D eigenvalue weighted by molar-refractivity contribution is -0.184. The Morgan fingerprint density at radius 1 is 0.812 bits per heavy atom. The molecule has 5 aliphatic carbocycles. The number of carbonyl (C=O) groups excluding carboxylic acids is 1. The first kappa shape index (κ1) is 23.1. The summed E-state index contributed by atoms with van der Waals surface area (Å²) >= 11 is 0. The zero-order valence-corrected chi connectivity index (χ0v) is 21.9. The van der Waals surface area contributed by atoms with E-state index >= 15 is 0 Å². The third-order valence-corrected chi connectivity index (χ3v) is 12.6. The van der Waals surface area contributed by atoms with Gasteiger partial charge in [-0.3, -0.25) is 0 Å². The average molecular weight is 441 g/mol. The SMILES string of the molecule is CC1(C)CC[C@@]2(C=O)CC=C3[C@@](C)(CC[C@H]4[C@]5(C)CC[C@H](O)C(C)(C)[C@@H]5CC[C@]34C)[C@@H]2C1. The molecular weight excluding hydrogens is 392 g/mol. The van der Waals surface area contributed by atoms with Crippen molar-refractivity contribution in [2.24, 2.45) is 50.2 Å². The van der Waals surface area contributed by atoms with Crippen molar-refractivity contribution in [2.45, 2.75) is 119 Å². The second-order valence-electron chi connectivity index (χ2n) is 15.0. The van der Waals surface area contributed by atoms with Crippen LogP contribution in [-0.4, -0.2) is 17.5 Å². The molecule has 0 amide bonds. The number of aliphatic hydroxyl groups is 1. The molecule has 0 aromatic heterocycles. The van der Waals surface area contributed by atoms with E-state index < -0.39 is 0 Å². The molecule has 8 atom stereocenters. The molecule has 0 saturated heterocycles. The van der Waals surface area contributed by atoms with Crippen LogP contribution < -0.4 is 0 Å². The monoisotopic (exact) mass is 440 g/mol. The molecule has 0 heterocycles. The Hall–Kier alpha value is -0.630. The van der Waals surface area contributed by atoms with Crippen molar-refractivity contribution in [3.8, 4) is 0 Å². The Morgan fingerprint density at radius 2 is 1.44 bits per heavy atom. The molecule has 0 aromatic rings. The molecule has 0 radical (unpaired) electrons. The Balaban J connectivity index is 1.57. The van der Waals surface area contributed by atoms with Crippen molar-refractivity contribution in [3.05, 3.63) is 11.6 Å². The first-order chi connectivity index (χ1) is 14.8. The normalized spacial score (nSPS) is 53.7. The van der Waals surface area contributed by atoms with Crippen molar-refractivity contribution < 1.29 is 9.90 Å². The molecule has 180 valence electrons. The van der Waals surface area contributed by atoms with Crippen LogP contribution in [0.2, 0.25) is 0 Å². The maximum Gasteiger partial charge on any atom is 0.126 e. The average Bonchev–Trinajstić information content (AvgIpc) is 2.71. The minimum Gasteiger partial charge on any atom is -0.393 e. The lowest BCUT2D eigenvalue weighted by atomic mass is 9.34. The highest BCUT2D eigenvalue weighted by atomic mass is 16.3. The standard InChI is InChI=1S/C30H48O2/c1-25(2)16-17-30(19-31)15-10-22-28(6)12-8-20-26(3,4)24(32)11-14-27(20,5)21(28)9-13-29(22,7)23(30)18-25/h10,19-21,23-24,32H,8-9,11-18H2,1-7H3/t20-,21-,23-,24-,27+,28-,29+,30+/m0/s1. The van der Waals surface area contributed by atoms with E-state index in [1.54, 1.807) is 5.57 Å². The number of fused-ring (bicyclic) bond motifs is 7. The zero-order chi connectivity index (χ0) is 23.4. The van der Waals surface area contributed by atoms with Gasteiger partial charge in [0.25, 0.3) is 0 Å². The number of rotatable bonds is 1. The van der Waals surface area contributed by atoms with E-state index in [2.05, 4.69) is 54.5 Å². The summed E-state index contributed by atoms with van der Waals surface area (Å²) in [5.74, 6) is 1.79. The van der Waals surface area contributed by atoms with Gasteiger partial charge in [-0.15, -0.1) is 0 Å². The molecule has 1 N–H and O–H groups in total. The van der Waals surface area contributed by atoms with Crippen LogP contribution >= 0.6 is 0 Å². The van der Waals surface area contributed by atoms with E-state index in [1.807, 2.05) is 0 Å². The molecule has 4 saturated carbocycles. The second-order valence-corrected chi connectivity index (χ2v) is 15.0. The maximum atomic E-state index is 12.6. The van der Waals surface area contributed by atoms with Gasteiger partial charge >= 0.3 is 0 Å². The van der Waals surface area contributed by atoms with Crippen LogP contribution in [0.3, 0.4) is 0 Å². The fourth-order valence-corrected chi connectivity index (χ4v) is 10.8. The van der Waals surface area contributed by atoms with Crippen LogP contribution in [0.25, 0.3) is 0 Å². The summed E-state index contributed by atoms with van der Waals surface area (Å²) in [5, 5.41) is 10.9. The van der Waals surface area contributed by atoms with Crippen LogP contribution in [0.4, 0.5) is 0 Å². The van der Waals surface area contributed by atoms with E-state index in [-0.39, 0.29) is 27.8 Å². The minimum absolute atomic E-state index is 0.0100. The van der Waals surface area contributed by atoms with Crippen LogP contribution in [-0.2, 0) is 4.79 Å². The van der Waals surface area contributed by atoms with E-state index in [0.29, 0.717) is 28.6 Å². The molecular formula is C30H48O2. The van der Waals surface area contributed by atoms with Crippen LogP contribution in [0.5, 0.6) is 0 Å². The number of carbonyl (C=O) groups is 1. The van der Waals surface area contributed by atoms with Crippen molar-refractivity contribution in [1.29, 1.82) is 0 Å². The number of aliphatic hydroxyl groups excluding tert-OH is 1. The summed E-state index contributed by atoms with van der Waals surface area (Å²) in [7, 11) is 0. The summed E-state index contributed by atoms with van der Waals surface area (Å²) in [6.45, 7) is 17.2. The fourth-order valence-electron chi connectivity index (χ4n) is 10.8. The molecule has 5 rings (SSSR count). The Morgan fingerprint density at radius 3 is 2.09 bits per heavy atom. The molecule has 2 heteroatoms. The van der Waals surface area contributed by atoms with Crippen molar-refractivity contribution in [1.82, 2.24) is 0 Å². The Kier molecular flexibility index (Phi) is 4.87. The van der Waals surface area contributed by atoms with Gasteiger partial charge in [-0.25, -0.2) is 0 Å². The van der Waals surface area contributed by atoms with Crippen LogP contribution in [0.1, 0.15) is 113 Å². The fraction of sp³-hybridized carbons (Fsp3) is 0.900. The molecule has 4 fully saturated rings. The quantitative estimate of drug-likeness (QED) is 0.342. The van der Waals surface area contributed by atoms with Gasteiger partial charge in [-0.1, -0.05) is 60.1 Å². The molecule has 0 aromatic carbocycles.